The first kappa shape index (κ1) is 11.0. The van der Waals surface area contributed by atoms with Crippen LogP contribution in [0.3, 0.4) is 0 Å². The standard InChI is InChI=1S/C18H16O/c1-11(19)12-6-8-13(9-7-12)17-16-10-14-4-2-3-5-15(14)18(16)17/h2-9,16-18H,10H2,1H3. The van der Waals surface area contributed by atoms with Crippen LogP contribution in [0.15, 0.2) is 48.5 Å². The van der Waals surface area contributed by atoms with E-state index >= 15 is 0 Å². The van der Waals surface area contributed by atoms with Crippen molar-refractivity contribution in [2.45, 2.75) is 25.2 Å². The van der Waals surface area contributed by atoms with Gasteiger partial charge in [0.1, 0.15) is 0 Å². The Morgan fingerprint density at radius 1 is 1.00 bits per heavy atom. The third-order valence-corrected chi connectivity index (χ3v) is 4.74. The van der Waals surface area contributed by atoms with E-state index in [0.717, 1.165) is 17.4 Å². The first-order chi connectivity index (χ1) is 9.25. The Morgan fingerprint density at radius 2 is 1.74 bits per heavy atom. The van der Waals surface area contributed by atoms with Gasteiger partial charge in [-0.05, 0) is 47.8 Å². The summed E-state index contributed by atoms with van der Waals surface area (Å²) in [5.74, 6) is 2.34. The molecule has 1 fully saturated rings. The molecule has 0 aliphatic heterocycles. The third-order valence-electron chi connectivity index (χ3n) is 4.74. The Bertz CT molecular complexity index is 654. The number of hydrogen-bond acceptors (Lipinski definition) is 1. The van der Waals surface area contributed by atoms with Gasteiger partial charge >= 0.3 is 0 Å². The molecule has 0 heterocycles. The highest BCUT2D eigenvalue weighted by Crippen LogP contribution is 2.66. The van der Waals surface area contributed by atoms with E-state index < -0.39 is 0 Å². The molecule has 1 saturated carbocycles. The SMILES string of the molecule is CC(=O)c1ccc(C2C3Cc4ccccc4C32)cc1. The first-order valence-electron chi connectivity index (χ1n) is 6.94. The quantitative estimate of drug-likeness (QED) is 0.736. The Kier molecular flexibility index (Phi) is 2.20. The van der Waals surface area contributed by atoms with Crippen LogP contribution in [0.4, 0.5) is 0 Å². The minimum absolute atomic E-state index is 0.146. The summed E-state index contributed by atoms with van der Waals surface area (Å²) in [6.07, 6.45) is 1.22. The van der Waals surface area contributed by atoms with E-state index in [4.69, 9.17) is 0 Å². The Labute approximate surface area is 113 Å². The average Bonchev–Trinajstić information content (AvgIpc) is 3.01. The lowest BCUT2D eigenvalue weighted by Crippen LogP contribution is -1.95. The topological polar surface area (TPSA) is 17.1 Å². The minimum atomic E-state index is 0.146. The van der Waals surface area contributed by atoms with E-state index in [9.17, 15) is 4.79 Å². The van der Waals surface area contributed by atoms with Crippen molar-refractivity contribution in [1.82, 2.24) is 0 Å². The summed E-state index contributed by atoms with van der Waals surface area (Å²) in [5.41, 5.74) is 5.30. The van der Waals surface area contributed by atoms with E-state index in [2.05, 4.69) is 36.4 Å². The summed E-state index contributed by atoms with van der Waals surface area (Å²) < 4.78 is 0. The fraction of sp³-hybridized carbons (Fsp3) is 0.278. The number of fused-ring (bicyclic) bond motifs is 3. The van der Waals surface area contributed by atoms with Gasteiger partial charge in [0, 0.05) is 5.56 Å². The van der Waals surface area contributed by atoms with Crippen molar-refractivity contribution in [2.75, 3.05) is 0 Å². The summed E-state index contributed by atoms with van der Waals surface area (Å²) in [7, 11) is 0. The molecule has 1 heteroatoms. The molecular weight excluding hydrogens is 232 g/mol. The highest BCUT2D eigenvalue weighted by atomic mass is 16.1. The molecule has 2 aliphatic carbocycles. The lowest BCUT2D eigenvalue weighted by Gasteiger charge is -2.08. The zero-order valence-electron chi connectivity index (χ0n) is 11.0. The normalized spacial score (nSPS) is 26.7. The van der Waals surface area contributed by atoms with Crippen molar-refractivity contribution in [2.24, 2.45) is 5.92 Å². The van der Waals surface area contributed by atoms with E-state index in [-0.39, 0.29) is 5.78 Å². The van der Waals surface area contributed by atoms with Gasteiger partial charge in [0.15, 0.2) is 5.78 Å². The number of rotatable bonds is 2. The van der Waals surface area contributed by atoms with Crippen molar-refractivity contribution in [3.8, 4) is 0 Å². The maximum atomic E-state index is 11.3. The molecule has 3 atom stereocenters. The van der Waals surface area contributed by atoms with Crippen LogP contribution in [0.5, 0.6) is 0 Å². The number of carbonyl (C=O) groups is 1. The number of hydrogen-bond donors (Lipinski definition) is 0. The highest BCUT2D eigenvalue weighted by molar-refractivity contribution is 5.94. The Hall–Kier alpha value is -1.89. The van der Waals surface area contributed by atoms with Crippen molar-refractivity contribution in [1.29, 1.82) is 0 Å². The molecule has 0 saturated heterocycles. The van der Waals surface area contributed by atoms with Crippen LogP contribution < -0.4 is 0 Å². The zero-order valence-corrected chi connectivity index (χ0v) is 11.0. The van der Waals surface area contributed by atoms with E-state index in [1.165, 1.54) is 17.5 Å². The molecule has 2 aromatic rings. The van der Waals surface area contributed by atoms with Gasteiger partial charge in [-0.1, -0.05) is 48.5 Å². The van der Waals surface area contributed by atoms with E-state index in [0.29, 0.717) is 5.92 Å². The van der Waals surface area contributed by atoms with Crippen LogP contribution in [0.2, 0.25) is 0 Å². The third kappa shape index (κ3) is 1.58. The van der Waals surface area contributed by atoms with Crippen molar-refractivity contribution < 1.29 is 4.79 Å². The molecule has 2 aromatic carbocycles. The molecule has 1 nitrogen and oxygen atoms in total. The fourth-order valence-electron chi connectivity index (χ4n) is 3.75. The molecule has 0 spiro atoms. The molecule has 0 radical (unpaired) electrons. The van der Waals surface area contributed by atoms with Gasteiger partial charge in [0.05, 0.1) is 0 Å². The second kappa shape index (κ2) is 3.80. The summed E-state index contributed by atoms with van der Waals surface area (Å²) in [4.78, 5) is 11.3. The van der Waals surface area contributed by atoms with Crippen molar-refractivity contribution in [3.05, 3.63) is 70.8 Å². The molecule has 4 rings (SSSR count). The molecule has 0 amide bonds. The molecule has 0 aromatic heterocycles. The van der Waals surface area contributed by atoms with Crippen LogP contribution >= 0.6 is 0 Å². The lowest BCUT2D eigenvalue weighted by molar-refractivity contribution is 0.101. The van der Waals surface area contributed by atoms with Crippen molar-refractivity contribution >= 4 is 5.78 Å². The molecule has 94 valence electrons. The Balaban J connectivity index is 1.63. The maximum Gasteiger partial charge on any atom is 0.159 e. The maximum absolute atomic E-state index is 11.3. The average molecular weight is 248 g/mol. The summed E-state index contributed by atoms with van der Waals surface area (Å²) in [6, 6.07) is 17.1. The largest absolute Gasteiger partial charge is 0.295 e. The number of carbonyl (C=O) groups excluding carboxylic acids is 1. The predicted octanol–water partition coefficient (Wildman–Crippen LogP) is 3.94. The highest BCUT2D eigenvalue weighted by Gasteiger charge is 2.55. The van der Waals surface area contributed by atoms with Crippen molar-refractivity contribution in [3.63, 3.8) is 0 Å². The molecule has 2 aliphatic rings. The predicted molar refractivity (Wildman–Crippen MR) is 75.6 cm³/mol. The van der Waals surface area contributed by atoms with Gasteiger partial charge in [-0.25, -0.2) is 0 Å². The molecule has 19 heavy (non-hydrogen) atoms. The minimum Gasteiger partial charge on any atom is -0.295 e. The Morgan fingerprint density at radius 3 is 2.47 bits per heavy atom. The van der Waals surface area contributed by atoms with Crippen LogP contribution in [-0.2, 0) is 6.42 Å². The molecule has 0 bridgehead atoms. The fourth-order valence-corrected chi connectivity index (χ4v) is 3.75. The van der Waals surface area contributed by atoms with Gasteiger partial charge in [0.2, 0.25) is 0 Å². The summed E-state index contributed by atoms with van der Waals surface area (Å²) >= 11 is 0. The lowest BCUT2D eigenvalue weighted by atomic mass is 9.97. The van der Waals surface area contributed by atoms with Crippen LogP contribution in [-0.4, -0.2) is 5.78 Å². The zero-order chi connectivity index (χ0) is 13.0. The van der Waals surface area contributed by atoms with Crippen LogP contribution in [0, 0.1) is 5.92 Å². The van der Waals surface area contributed by atoms with Gasteiger partial charge in [-0.15, -0.1) is 0 Å². The number of benzene rings is 2. The van der Waals surface area contributed by atoms with Gasteiger partial charge in [-0.3, -0.25) is 4.79 Å². The first-order valence-corrected chi connectivity index (χ1v) is 6.94. The van der Waals surface area contributed by atoms with Crippen LogP contribution in [0.1, 0.15) is 45.8 Å². The summed E-state index contributed by atoms with van der Waals surface area (Å²) in [6.45, 7) is 1.62. The smallest absolute Gasteiger partial charge is 0.159 e. The monoisotopic (exact) mass is 248 g/mol. The molecular formula is C18H16O. The van der Waals surface area contributed by atoms with Gasteiger partial charge in [0.25, 0.3) is 0 Å². The second-order valence-electron chi connectivity index (χ2n) is 5.80. The number of Topliss-reactive ketones (excluding diaryl/α,β-unsaturated/α-hetero) is 1. The molecule has 0 N–H and O–H groups in total. The van der Waals surface area contributed by atoms with E-state index in [1.54, 1.807) is 12.5 Å². The molecule has 3 unspecified atom stereocenters. The van der Waals surface area contributed by atoms with Gasteiger partial charge in [-0.2, -0.15) is 0 Å². The number of ketones is 1. The van der Waals surface area contributed by atoms with E-state index in [1.807, 2.05) is 12.1 Å². The second-order valence-corrected chi connectivity index (χ2v) is 5.80. The summed E-state index contributed by atoms with van der Waals surface area (Å²) in [5, 5.41) is 0. The van der Waals surface area contributed by atoms with Crippen LogP contribution in [0.25, 0.3) is 0 Å². The van der Waals surface area contributed by atoms with Gasteiger partial charge < -0.3 is 0 Å².